The zero-order valence-electron chi connectivity index (χ0n) is 25.3. The molecular formula is C31H35N5O5S2. The average Bonchev–Trinajstić information content (AvgIpc) is 3.47. The highest BCUT2D eigenvalue weighted by Crippen LogP contribution is 2.32. The standard InChI is InChI=1S/C31H35N5O5S2/c1-19-14-20(2)33-30(32-19)43-18-28(37)36(16-27-34-25(17-42-27)21-8-10-22(39-5)11-9-21)31(3,4)29(38)35-24-13-12-23(40-6)15-26(24)41-7/h8-15,17H,16,18H2,1-7H3,(H,35,38). The molecule has 0 atom stereocenters. The van der Waals surface area contributed by atoms with Gasteiger partial charge < -0.3 is 24.4 Å². The number of aromatic nitrogens is 3. The van der Waals surface area contributed by atoms with E-state index in [9.17, 15) is 9.59 Å². The van der Waals surface area contributed by atoms with Gasteiger partial charge in [-0.2, -0.15) is 0 Å². The highest BCUT2D eigenvalue weighted by atomic mass is 32.2. The van der Waals surface area contributed by atoms with Crippen LogP contribution in [0.3, 0.4) is 0 Å². The Morgan fingerprint density at radius 1 is 0.907 bits per heavy atom. The van der Waals surface area contributed by atoms with Crippen LogP contribution in [0.2, 0.25) is 0 Å². The van der Waals surface area contributed by atoms with Crippen LogP contribution in [-0.2, 0) is 16.1 Å². The lowest BCUT2D eigenvalue weighted by atomic mass is 10.0. The van der Waals surface area contributed by atoms with Crippen LogP contribution in [0.25, 0.3) is 11.3 Å². The van der Waals surface area contributed by atoms with Gasteiger partial charge in [0.05, 0.1) is 45.0 Å². The van der Waals surface area contributed by atoms with Crippen molar-refractivity contribution in [2.24, 2.45) is 0 Å². The third kappa shape index (κ3) is 7.82. The number of hydrogen-bond acceptors (Lipinski definition) is 10. The Kier molecular flexibility index (Phi) is 10.3. The number of rotatable bonds is 12. The fourth-order valence-corrected chi connectivity index (χ4v) is 5.89. The summed E-state index contributed by atoms with van der Waals surface area (Å²) in [7, 11) is 4.69. The van der Waals surface area contributed by atoms with Crippen molar-refractivity contribution in [3.63, 3.8) is 0 Å². The van der Waals surface area contributed by atoms with Crippen molar-refractivity contribution in [2.75, 3.05) is 32.4 Å². The number of ether oxygens (including phenoxy) is 3. The molecular weight excluding hydrogens is 587 g/mol. The number of anilines is 1. The minimum Gasteiger partial charge on any atom is -0.497 e. The summed E-state index contributed by atoms with van der Waals surface area (Å²) in [5.41, 5.74) is 2.54. The van der Waals surface area contributed by atoms with Crippen LogP contribution in [0.15, 0.2) is 59.1 Å². The molecule has 226 valence electrons. The summed E-state index contributed by atoms with van der Waals surface area (Å²) in [5.74, 6) is 1.19. The molecule has 4 aromatic rings. The number of carbonyl (C=O) groups excluding carboxylic acids is 2. The maximum atomic E-state index is 13.8. The van der Waals surface area contributed by atoms with E-state index >= 15 is 0 Å². The number of thioether (sulfide) groups is 1. The molecule has 2 heterocycles. The van der Waals surface area contributed by atoms with Crippen LogP contribution in [-0.4, -0.2) is 64.3 Å². The second-order valence-electron chi connectivity index (χ2n) is 10.1. The van der Waals surface area contributed by atoms with Gasteiger partial charge in [0.25, 0.3) is 0 Å². The summed E-state index contributed by atoms with van der Waals surface area (Å²) in [6, 6.07) is 14.6. The Hall–Kier alpha value is -4.16. The molecule has 0 bridgehead atoms. The highest BCUT2D eigenvalue weighted by molar-refractivity contribution is 7.99. The average molecular weight is 622 g/mol. The first-order valence-corrected chi connectivity index (χ1v) is 15.3. The fraction of sp³-hybridized carbons (Fsp3) is 0.323. The van der Waals surface area contributed by atoms with Crippen molar-refractivity contribution >= 4 is 40.6 Å². The number of thiazole rings is 1. The van der Waals surface area contributed by atoms with Crippen molar-refractivity contribution in [3.8, 4) is 28.5 Å². The van der Waals surface area contributed by atoms with Gasteiger partial charge in [0.2, 0.25) is 11.8 Å². The van der Waals surface area contributed by atoms with Crippen LogP contribution in [0.4, 0.5) is 5.69 Å². The van der Waals surface area contributed by atoms with Crippen molar-refractivity contribution in [2.45, 2.75) is 44.9 Å². The van der Waals surface area contributed by atoms with Gasteiger partial charge in [-0.15, -0.1) is 11.3 Å². The Bertz CT molecular complexity index is 1570. The lowest BCUT2D eigenvalue weighted by Crippen LogP contribution is -2.55. The normalized spacial score (nSPS) is 11.1. The Labute approximate surface area is 259 Å². The van der Waals surface area contributed by atoms with Crippen LogP contribution < -0.4 is 19.5 Å². The summed E-state index contributed by atoms with van der Waals surface area (Å²) in [6.07, 6.45) is 0. The predicted molar refractivity (Wildman–Crippen MR) is 169 cm³/mol. The predicted octanol–water partition coefficient (Wildman–Crippen LogP) is 5.78. The summed E-state index contributed by atoms with van der Waals surface area (Å²) in [6.45, 7) is 7.33. The Morgan fingerprint density at radius 2 is 1.56 bits per heavy atom. The minimum atomic E-state index is -1.27. The maximum absolute atomic E-state index is 13.8. The molecule has 43 heavy (non-hydrogen) atoms. The Morgan fingerprint density at radius 3 is 2.19 bits per heavy atom. The number of nitrogens with zero attached hydrogens (tertiary/aromatic N) is 4. The van der Waals surface area contributed by atoms with Gasteiger partial charge in [-0.3, -0.25) is 9.59 Å². The second kappa shape index (κ2) is 13.9. The maximum Gasteiger partial charge on any atom is 0.249 e. The van der Waals surface area contributed by atoms with Gasteiger partial charge in [-0.25, -0.2) is 15.0 Å². The summed E-state index contributed by atoms with van der Waals surface area (Å²) in [4.78, 5) is 42.9. The highest BCUT2D eigenvalue weighted by Gasteiger charge is 2.39. The van der Waals surface area contributed by atoms with Gasteiger partial charge in [0, 0.05) is 28.4 Å². The molecule has 2 aromatic carbocycles. The first-order chi connectivity index (χ1) is 20.5. The van der Waals surface area contributed by atoms with Crippen LogP contribution in [0, 0.1) is 13.8 Å². The van der Waals surface area contributed by atoms with E-state index in [4.69, 9.17) is 19.2 Å². The number of aryl methyl sites for hydroxylation is 2. The monoisotopic (exact) mass is 621 g/mol. The number of amides is 2. The Balaban J connectivity index is 1.60. The molecule has 0 aliphatic heterocycles. The summed E-state index contributed by atoms with van der Waals surface area (Å²) < 4.78 is 16.0. The van der Waals surface area contributed by atoms with Gasteiger partial charge in [0.15, 0.2) is 5.16 Å². The molecule has 0 fully saturated rings. The fourth-order valence-electron chi connectivity index (χ4n) is 4.27. The molecule has 0 aliphatic carbocycles. The van der Waals surface area contributed by atoms with Crippen molar-refractivity contribution in [3.05, 3.63) is 70.3 Å². The van der Waals surface area contributed by atoms with Crippen LogP contribution in [0.1, 0.15) is 30.2 Å². The molecule has 0 unspecified atom stereocenters. The van der Waals surface area contributed by atoms with Gasteiger partial charge in [-0.05, 0) is 70.2 Å². The van der Waals surface area contributed by atoms with Crippen molar-refractivity contribution in [1.82, 2.24) is 19.9 Å². The third-order valence-electron chi connectivity index (χ3n) is 6.71. The van der Waals surface area contributed by atoms with E-state index in [0.29, 0.717) is 27.4 Å². The van der Waals surface area contributed by atoms with Crippen molar-refractivity contribution < 1.29 is 23.8 Å². The number of hydrogen-bond donors (Lipinski definition) is 1. The minimum absolute atomic E-state index is 0.0438. The van der Waals surface area contributed by atoms with E-state index in [2.05, 4.69) is 15.3 Å². The molecule has 0 aliphatic rings. The first kappa shape index (κ1) is 31.8. The SMILES string of the molecule is COc1ccc(-c2csc(CN(C(=O)CSc3nc(C)cc(C)n3)C(C)(C)C(=O)Nc3ccc(OC)cc3OC)n2)cc1. The van der Waals surface area contributed by atoms with Crippen molar-refractivity contribution in [1.29, 1.82) is 0 Å². The third-order valence-corrected chi connectivity index (χ3v) is 8.37. The van der Waals surface area contributed by atoms with E-state index in [1.54, 1.807) is 51.2 Å². The van der Waals surface area contributed by atoms with E-state index < -0.39 is 5.54 Å². The van der Waals surface area contributed by atoms with E-state index in [1.807, 2.05) is 49.6 Å². The number of carbonyl (C=O) groups is 2. The quantitative estimate of drug-likeness (QED) is 0.155. The first-order valence-electron chi connectivity index (χ1n) is 13.4. The van der Waals surface area contributed by atoms with Gasteiger partial charge in [-0.1, -0.05) is 11.8 Å². The lowest BCUT2D eigenvalue weighted by Gasteiger charge is -2.37. The number of benzene rings is 2. The van der Waals surface area contributed by atoms with E-state index in [0.717, 1.165) is 28.4 Å². The summed E-state index contributed by atoms with van der Waals surface area (Å²) in [5, 5.41) is 6.06. The van der Waals surface area contributed by atoms with Gasteiger partial charge >= 0.3 is 0 Å². The zero-order valence-corrected chi connectivity index (χ0v) is 26.9. The molecule has 2 amide bonds. The van der Waals surface area contributed by atoms with Crippen LogP contribution >= 0.6 is 23.1 Å². The second-order valence-corrected chi connectivity index (χ2v) is 12.0. The topological polar surface area (TPSA) is 116 Å². The molecule has 2 aromatic heterocycles. The largest absolute Gasteiger partial charge is 0.497 e. The zero-order chi connectivity index (χ0) is 31.1. The molecule has 12 heteroatoms. The molecule has 0 saturated carbocycles. The molecule has 0 spiro atoms. The number of methoxy groups -OCH3 is 3. The molecule has 10 nitrogen and oxygen atoms in total. The molecule has 1 N–H and O–H groups in total. The van der Waals surface area contributed by atoms with Crippen LogP contribution in [0.5, 0.6) is 17.2 Å². The van der Waals surface area contributed by atoms with E-state index in [-0.39, 0.29) is 24.1 Å². The smallest absolute Gasteiger partial charge is 0.249 e. The molecule has 0 saturated heterocycles. The van der Waals surface area contributed by atoms with E-state index in [1.165, 1.54) is 30.2 Å². The molecule has 4 rings (SSSR count). The number of nitrogens with one attached hydrogen (secondary N) is 1. The summed E-state index contributed by atoms with van der Waals surface area (Å²) >= 11 is 2.66. The van der Waals surface area contributed by atoms with Gasteiger partial charge in [0.1, 0.15) is 27.8 Å². The molecule has 0 radical (unpaired) electrons. The lowest BCUT2D eigenvalue weighted by molar-refractivity contribution is -0.142.